The summed E-state index contributed by atoms with van der Waals surface area (Å²) in [4.78, 5) is 6.83. The summed E-state index contributed by atoms with van der Waals surface area (Å²) in [5, 5.41) is 9.19. The van der Waals surface area contributed by atoms with E-state index in [-0.39, 0.29) is 6.61 Å². The molecule has 4 heteroatoms. The summed E-state index contributed by atoms with van der Waals surface area (Å²) in [5.41, 5.74) is 2.32. The lowest BCUT2D eigenvalue weighted by Crippen LogP contribution is -2.04. The molecule has 1 N–H and O–H groups in total. The fourth-order valence-corrected chi connectivity index (χ4v) is 3.36. The van der Waals surface area contributed by atoms with Gasteiger partial charge in [0.2, 0.25) is 0 Å². The average molecular weight is 208 g/mol. The number of aryl methyl sites for hydroxylation is 2. The number of aliphatic hydroxyl groups is 1. The third-order valence-corrected chi connectivity index (χ3v) is 3.99. The molecule has 0 amide bonds. The maximum absolute atomic E-state index is 9.19. The first kappa shape index (κ1) is 8.44. The topological polar surface area (TPSA) is 37.5 Å². The summed E-state index contributed by atoms with van der Waals surface area (Å²) in [6, 6.07) is 0. The lowest BCUT2D eigenvalue weighted by molar-refractivity contribution is 0.275. The van der Waals surface area contributed by atoms with Crippen LogP contribution in [0, 0.1) is 0 Å². The van der Waals surface area contributed by atoms with Crippen molar-refractivity contribution < 1.29 is 5.11 Å². The van der Waals surface area contributed by atoms with E-state index >= 15 is 0 Å². The molecule has 1 aliphatic carbocycles. The van der Waals surface area contributed by atoms with Gasteiger partial charge in [0.1, 0.15) is 0 Å². The Morgan fingerprint density at radius 1 is 1.43 bits per heavy atom. The summed E-state index contributed by atoms with van der Waals surface area (Å²) >= 11 is 1.78. The third-order valence-electron chi connectivity index (χ3n) is 2.84. The Morgan fingerprint density at radius 2 is 2.29 bits per heavy atom. The normalized spacial score (nSPS) is 16.1. The minimum absolute atomic E-state index is 0.0876. The van der Waals surface area contributed by atoms with E-state index in [0.29, 0.717) is 0 Å². The predicted molar refractivity (Wildman–Crippen MR) is 55.6 cm³/mol. The molecule has 0 spiro atoms. The first-order valence-electron chi connectivity index (χ1n) is 4.98. The highest BCUT2D eigenvalue weighted by Gasteiger charge is 2.18. The molecule has 0 unspecified atom stereocenters. The van der Waals surface area contributed by atoms with Gasteiger partial charge in [0, 0.05) is 10.6 Å². The van der Waals surface area contributed by atoms with Crippen molar-refractivity contribution in [3.63, 3.8) is 0 Å². The van der Waals surface area contributed by atoms with Crippen molar-refractivity contribution in [2.75, 3.05) is 0 Å². The van der Waals surface area contributed by atoms with Crippen molar-refractivity contribution in [2.45, 2.75) is 32.3 Å². The van der Waals surface area contributed by atoms with Gasteiger partial charge in [-0.25, -0.2) is 4.98 Å². The standard InChI is InChI=1S/C10H12N2OS/c13-6-7-5-11-10-12(7)8-3-1-2-4-9(8)14-10/h5,13H,1-4,6H2. The van der Waals surface area contributed by atoms with Gasteiger partial charge >= 0.3 is 0 Å². The minimum atomic E-state index is 0.0876. The summed E-state index contributed by atoms with van der Waals surface area (Å²) < 4.78 is 2.14. The molecule has 0 bridgehead atoms. The number of nitrogens with zero attached hydrogens (tertiary/aromatic N) is 2. The number of aromatic nitrogens is 2. The fourth-order valence-electron chi connectivity index (χ4n) is 2.16. The Hall–Kier alpha value is -0.870. The molecular formula is C10H12N2OS. The lowest BCUT2D eigenvalue weighted by Gasteiger charge is -2.10. The lowest BCUT2D eigenvalue weighted by atomic mass is 10.0. The van der Waals surface area contributed by atoms with Crippen LogP contribution in [0.1, 0.15) is 29.1 Å². The smallest absolute Gasteiger partial charge is 0.194 e. The third kappa shape index (κ3) is 1.04. The van der Waals surface area contributed by atoms with Crippen molar-refractivity contribution in [2.24, 2.45) is 0 Å². The Bertz CT molecular complexity index is 472. The molecule has 2 heterocycles. The van der Waals surface area contributed by atoms with Crippen LogP contribution in [0.25, 0.3) is 4.96 Å². The Morgan fingerprint density at radius 3 is 3.14 bits per heavy atom. The van der Waals surface area contributed by atoms with Crippen LogP contribution in [0.2, 0.25) is 0 Å². The van der Waals surface area contributed by atoms with Crippen LogP contribution in [0.3, 0.4) is 0 Å². The second kappa shape index (κ2) is 3.07. The van der Waals surface area contributed by atoms with E-state index in [1.54, 1.807) is 17.5 Å². The van der Waals surface area contributed by atoms with Gasteiger partial charge in [-0.15, -0.1) is 11.3 Å². The molecule has 2 aromatic heterocycles. The van der Waals surface area contributed by atoms with Gasteiger partial charge in [0.25, 0.3) is 0 Å². The quantitative estimate of drug-likeness (QED) is 0.775. The van der Waals surface area contributed by atoms with Gasteiger partial charge in [-0.1, -0.05) is 0 Å². The SMILES string of the molecule is OCc1cnc2sc3c(n12)CCCC3. The van der Waals surface area contributed by atoms with Gasteiger partial charge in [0.05, 0.1) is 18.5 Å². The van der Waals surface area contributed by atoms with Crippen molar-refractivity contribution in [1.29, 1.82) is 0 Å². The zero-order valence-corrected chi connectivity index (χ0v) is 8.68. The van der Waals surface area contributed by atoms with Crippen molar-refractivity contribution in [3.05, 3.63) is 22.5 Å². The molecule has 0 atom stereocenters. The summed E-state index contributed by atoms with van der Waals surface area (Å²) in [6.45, 7) is 0.0876. The number of thiazole rings is 1. The molecule has 0 fully saturated rings. The molecule has 0 radical (unpaired) electrons. The maximum Gasteiger partial charge on any atom is 0.194 e. The van der Waals surface area contributed by atoms with Gasteiger partial charge in [-0.05, 0) is 25.7 Å². The van der Waals surface area contributed by atoms with E-state index in [1.807, 2.05) is 0 Å². The predicted octanol–water partition coefficient (Wildman–Crippen LogP) is 1.77. The summed E-state index contributed by atoms with van der Waals surface area (Å²) in [5.74, 6) is 0. The molecule has 3 rings (SSSR count). The number of hydrogen-bond acceptors (Lipinski definition) is 3. The van der Waals surface area contributed by atoms with E-state index in [9.17, 15) is 5.11 Å². The molecule has 0 aromatic carbocycles. The van der Waals surface area contributed by atoms with E-state index in [4.69, 9.17) is 0 Å². The van der Waals surface area contributed by atoms with E-state index in [2.05, 4.69) is 9.38 Å². The number of imidazole rings is 1. The van der Waals surface area contributed by atoms with Crippen LogP contribution < -0.4 is 0 Å². The highest BCUT2D eigenvalue weighted by atomic mass is 32.1. The molecule has 14 heavy (non-hydrogen) atoms. The molecule has 74 valence electrons. The van der Waals surface area contributed by atoms with Crippen LogP contribution in [0.5, 0.6) is 0 Å². The van der Waals surface area contributed by atoms with Crippen molar-refractivity contribution in [3.8, 4) is 0 Å². The molecule has 2 aromatic rings. The monoisotopic (exact) mass is 208 g/mol. The molecule has 1 aliphatic rings. The van der Waals surface area contributed by atoms with Crippen LogP contribution in [0.4, 0.5) is 0 Å². The summed E-state index contributed by atoms with van der Waals surface area (Å²) in [7, 11) is 0. The molecule has 0 aliphatic heterocycles. The largest absolute Gasteiger partial charge is 0.390 e. The van der Waals surface area contributed by atoms with Gasteiger partial charge < -0.3 is 5.11 Å². The average Bonchev–Trinajstić information content (AvgIpc) is 2.75. The molecule has 0 saturated heterocycles. The van der Waals surface area contributed by atoms with Gasteiger partial charge in [-0.3, -0.25) is 4.40 Å². The van der Waals surface area contributed by atoms with Crippen LogP contribution in [-0.2, 0) is 19.4 Å². The van der Waals surface area contributed by atoms with E-state index in [0.717, 1.165) is 17.1 Å². The zero-order valence-electron chi connectivity index (χ0n) is 7.86. The number of rotatable bonds is 1. The first-order valence-corrected chi connectivity index (χ1v) is 5.79. The second-order valence-corrected chi connectivity index (χ2v) is 4.77. The van der Waals surface area contributed by atoms with Crippen molar-refractivity contribution in [1.82, 2.24) is 9.38 Å². The number of hydrogen-bond donors (Lipinski definition) is 1. The van der Waals surface area contributed by atoms with Crippen molar-refractivity contribution >= 4 is 16.3 Å². The maximum atomic E-state index is 9.19. The second-order valence-electron chi connectivity index (χ2n) is 3.70. The number of aliphatic hydroxyl groups excluding tert-OH is 1. The highest BCUT2D eigenvalue weighted by molar-refractivity contribution is 7.17. The van der Waals surface area contributed by atoms with E-state index < -0.39 is 0 Å². The number of fused-ring (bicyclic) bond motifs is 3. The zero-order chi connectivity index (χ0) is 9.54. The molecular weight excluding hydrogens is 196 g/mol. The Balaban J connectivity index is 2.29. The fraction of sp³-hybridized carbons (Fsp3) is 0.500. The molecule has 0 saturated carbocycles. The van der Waals surface area contributed by atoms with Crippen LogP contribution in [0.15, 0.2) is 6.20 Å². The van der Waals surface area contributed by atoms with Gasteiger partial charge in [0.15, 0.2) is 4.96 Å². The van der Waals surface area contributed by atoms with E-state index in [1.165, 1.54) is 29.8 Å². The molecule has 3 nitrogen and oxygen atoms in total. The first-order chi connectivity index (χ1) is 6.90. The summed E-state index contributed by atoms with van der Waals surface area (Å²) in [6.07, 6.45) is 6.67. The minimum Gasteiger partial charge on any atom is -0.390 e. The van der Waals surface area contributed by atoms with Crippen LogP contribution in [-0.4, -0.2) is 14.5 Å². The Kier molecular flexibility index (Phi) is 1.85. The van der Waals surface area contributed by atoms with Crippen LogP contribution >= 0.6 is 11.3 Å². The van der Waals surface area contributed by atoms with Gasteiger partial charge in [-0.2, -0.15) is 0 Å². The Labute approximate surface area is 86.0 Å². The highest BCUT2D eigenvalue weighted by Crippen LogP contribution is 2.30.